The van der Waals surface area contributed by atoms with Gasteiger partial charge in [-0.3, -0.25) is 4.79 Å². The molecule has 0 spiro atoms. The predicted molar refractivity (Wildman–Crippen MR) is 128 cm³/mol. The molecule has 4 rings (SSSR count). The van der Waals surface area contributed by atoms with Gasteiger partial charge in [0, 0.05) is 36.8 Å². The molecular weight excluding hydrogens is 414 g/mol. The zero-order chi connectivity index (χ0) is 23.4. The molecule has 0 aliphatic carbocycles. The number of imidazole rings is 1. The van der Waals surface area contributed by atoms with Gasteiger partial charge in [-0.15, -0.1) is 0 Å². The van der Waals surface area contributed by atoms with Crippen molar-refractivity contribution in [1.29, 1.82) is 0 Å². The highest BCUT2D eigenvalue weighted by molar-refractivity contribution is 5.92. The van der Waals surface area contributed by atoms with Crippen molar-refractivity contribution >= 4 is 12.0 Å². The first-order valence-electron chi connectivity index (χ1n) is 10.7. The molecule has 1 atom stereocenters. The van der Waals surface area contributed by atoms with Gasteiger partial charge in [-0.25, -0.2) is 9.67 Å². The number of aryl methyl sites for hydroxylation is 2. The summed E-state index contributed by atoms with van der Waals surface area (Å²) in [5, 5.41) is 7.73. The predicted octanol–water partition coefficient (Wildman–Crippen LogP) is 4.15. The molecule has 7 nitrogen and oxygen atoms in total. The summed E-state index contributed by atoms with van der Waals surface area (Å²) in [7, 11) is 3.53. The molecular formula is C26H27N5O2. The van der Waals surface area contributed by atoms with E-state index in [0.717, 1.165) is 39.8 Å². The summed E-state index contributed by atoms with van der Waals surface area (Å²) in [6.07, 6.45) is 6.94. The van der Waals surface area contributed by atoms with Crippen molar-refractivity contribution < 1.29 is 9.53 Å². The van der Waals surface area contributed by atoms with E-state index in [9.17, 15) is 4.79 Å². The fraction of sp³-hybridized carbons (Fsp3) is 0.192. The van der Waals surface area contributed by atoms with Crippen molar-refractivity contribution in [3.05, 3.63) is 101 Å². The van der Waals surface area contributed by atoms with Crippen LogP contribution in [0.5, 0.6) is 5.75 Å². The molecule has 0 aliphatic heterocycles. The van der Waals surface area contributed by atoms with Gasteiger partial charge < -0.3 is 14.6 Å². The fourth-order valence-electron chi connectivity index (χ4n) is 3.81. The Morgan fingerprint density at radius 3 is 2.45 bits per heavy atom. The molecule has 2 aromatic carbocycles. The van der Waals surface area contributed by atoms with Crippen molar-refractivity contribution in [3.8, 4) is 11.4 Å². The molecule has 0 saturated carbocycles. The molecule has 1 amide bonds. The third-order valence-corrected chi connectivity index (χ3v) is 5.60. The second-order valence-electron chi connectivity index (χ2n) is 7.78. The Bertz CT molecular complexity index is 1270. The zero-order valence-corrected chi connectivity index (χ0v) is 19.2. The molecule has 0 bridgehead atoms. The number of rotatable bonds is 7. The Morgan fingerprint density at radius 1 is 1.09 bits per heavy atom. The third-order valence-electron chi connectivity index (χ3n) is 5.60. The maximum Gasteiger partial charge on any atom is 0.244 e. The molecule has 2 heterocycles. The molecule has 1 N–H and O–H groups in total. The molecule has 0 radical (unpaired) electrons. The van der Waals surface area contributed by atoms with E-state index in [-0.39, 0.29) is 5.91 Å². The van der Waals surface area contributed by atoms with E-state index in [4.69, 9.17) is 4.74 Å². The Labute approximate surface area is 193 Å². The molecule has 168 valence electrons. The highest BCUT2D eigenvalue weighted by Gasteiger charge is 2.20. The number of para-hydroxylation sites is 1. The number of nitrogens with zero attached hydrogens (tertiary/aromatic N) is 4. The summed E-state index contributed by atoms with van der Waals surface area (Å²) in [6.45, 7) is 3.94. The molecule has 0 saturated heterocycles. The minimum atomic E-state index is -0.401. The molecule has 2 aromatic heterocycles. The quantitative estimate of drug-likeness (QED) is 0.437. The van der Waals surface area contributed by atoms with E-state index in [1.165, 1.54) is 0 Å². The van der Waals surface area contributed by atoms with Crippen molar-refractivity contribution in [1.82, 2.24) is 24.6 Å². The van der Waals surface area contributed by atoms with Crippen LogP contribution in [-0.4, -0.2) is 32.3 Å². The van der Waals surface area contributed by atoms with Crippen LogP contribution in [0.3, 0.4) is 0 Å². The van der Waals surface area contributed by atoms with Crippen LogP contribution in [0.2, 0.25) is 0 Å². The summed E-state index contributed by atoms with van der Waals surface area (Å²) in [5.41, 5.74) is 4.65. The number of ether oxygens (including phenoxy) is 1. The molecule has 0 fully saturated rings. The number of hydrogen-bond donors (Lipinski definition) is 1. The van der Waals surface area contributed by atoms with Gasteiger partial charge in [0.25, 0.3) is 0 Å². The largest absolute Gasteiger partial charge is 0.497 e. The fourth-order valence-corrected chi connectivity index (χ4v) is 3.81. The number of hydrogen-bond acceptors (Lipinski definition) is 4. The second kappa shape index (κ2) is 9.56. The average Bonchev–Trinajstić information content (AvgIpc) is 3.39. The van der Waals surface area contributed by atoms with E-state index in [1.807, 2.05) is 97.0 Å². The zero-order valence-electron chi connectivity index (χ0n) is 19.2. The van der Waals surface area contributed by atoms with Crippen LogP contribution in [0.15, 0.2) is 73.1 Å². The van der Waals surface area contributed by atoms with Gasteiger partial charge >= 0.3 is 0 Å². The molecule has 0 aliphatic rings. The van der Waals surface area contributed by atoms with Crippen molar-refractivity contribution in [2.75, 3.05) is 7.11 Å². The van der Waals surface area contributed by atoms with E-state index >= 15 is 0 Å². The van der Waals surface area contributed by atoms with Crippen molar-refractivity contribution in [3.63, 3.8) is 0 Å². The van der Waals surface area contributed by atoms with Crippen LogP contribution in [0.25, 0.3) is 11.8 Å². The van der Waals surface area contributed by atoms with Crippen LogP contribution >= 0.6 is 0 Å². The Balaban J connectivity index is 1.58. The van der Waals surface area contributed by atoms with Crippen molar-refractivity contribution in [2.24, 2.45) is 7.05 Å². The van der Waals surface area contributed by atoms with Crippen LogP contribution in [0.1, 0.15) is 34.4 Å². The summed E-state index contributed by atoms with van der Waals surface area (Å²) in [6, 6.07) is 17.1. The maximum absolute atomic E-state index is 12.9. The van der Waals surface area contributed by atoms with Crippen LogP contribution in [-0.2, 0) is 11.8 Å². The molecule has 4 aromatic rings. The van der Waals surface area contributed by atoms with Gasteiger partial charge in [-0.2, -0.15) is 5.10 Å². The lowest BCUT2D eigenvalue weighted by molar-refractivity contribution is -0.117. The summed E-state index contributed by atoms with van der Waals surface area (Å²) in [4.78, 5) is 17.4. The highest BCUT2D eigenvalue weighted by atomic mass is 16.5. The van der Waals surface area contributed by atoms with Gasteiger partial charge in [0.1, 0.15) is 17.6 Å². The van der Waals surface area contributed by atoms with Gasteiger partial charge in [0.15, 0.2) is 0 Å². The number of benzene rings is 2. The second-order valence-corrected chi connectivity index (χ2v) is 7.78. The number of nitrogens with one attached hydrogen (secondary N) is 1. The smallest absolute Gasteiger partial charge is 0.244 e. The first-order valence-corrected chi connectivity index (χ1v) is 10.7. The monoisotopic (exact) mass is 441 g/mol. The topological polar surface area (TPSA) is 74.0 Å². The van der Waals surface area contributed by atoms with Gasteiger partial charge in [0.05, 0.1) is 18.5 Å². The lowest BCUT2D eigenvalue weighted by Gasteiger charge is -2.18. The van der Waals surface area contributed by atoms with Gasteiger partial charge in [0.2, 0.25) is 5.91 Å². The average molecular weight is 442 g/mol. The first kappa shape index (κ1) is 22.1. The first-order chi connectivity index (χ1) is 16.0. The Hall–Kier alpha value is -4.13. The summed E-state index contributed by atoms with van der Waals surface area (Å²) >= 11 is 0. The Morgan fingerprint density at radius 2 is 1.82 bits per heavy atom. The third kappa shape index (κ3) is 4.72. The summed E-state index contributed by atoms with van der Waals surface area (Å²) < 4.78 is 9.05. The SMILES string of the molecule is COc1ccc(C(NC(=O)/C=C/c2c(C)nn(-c3ccccc3)c2C)c2nccn2C)cc1. The van der Waals surface area contributed by atoms with Crippen LogP contribution in [0, 0.1) is 13.8 Å². The number of methoxy groups -OCH3 is 1. The van der Waals surface area contributed by atoms with Crippen molar-refractivity contribution in [2.45, 2.75) is 19.9 Å². The van der Waals surface area contributed by atoms with Gasteiger partial charge in [-0.1, -0.05) is 30.3 Å². The maximum atomic E-state index is 12.9. The highest BCUT2D eigenvalue weighted by Crippen LogP contribution is 2.23. The Kier molecular flexibility index (Phi) is 6.40. The standard InChI is InChI=1S/C26H27N5O2/c1-18-23(19(2)31(29-18)21-8-6-5-7-9-21)14-15-24(32)28-25(26-27-16-17-30(26)3)20-10-12-22(33-4)13-11-20/h5-17,25H,1-4H3,(H,28,32)/b15-14+. The normalized spacial score (nSPS) is 12.1. The number of carbonyl (C=O) groups is 1. The number of aromatic nitrogens is 4. The summed E-state index contributed by atoms with van der Waals surface area (Å²) in [5.74, 6) is 1.28. The minimum Gasteiger partial charge on any atom is -0.497 e. The molecule has 1 unspecified atom stereocenters. The molecule has 7 heteroatoms. The lowest BCUT2D eigenvalue weighted by Crippen LogP contribution is -2.29. The van der Waals surface area contributed by atoms with E-state index in [0.29, 0.717) is 0 Å². The van der Waals surface area contributed by atoms with Gasteiger partial charge in [-0.05, 0) is 49.8 Å². The molecule has 33 heavy (non-hydrogen) atoms. The number of amides is 1. The van der Waals surface area contributed by atoms with E-state index in [1.54, 1.807) is 19.4 Å². The number of carbonyl (C=O) groups excluding carboxylic acids is 1. The van der Waals surface area contributed by atoms with E-state index < -0.39 is 6.04 Å². The lowest BCUT2D eigenvalue weighted by atomic mass is 10.1. The van der Waals surface area contributed by atoms with E-state index in [2.05, 4.69) is 15.4 Å². The van der Waals surface area contributed by atoms with Crippen LogP contribution in [0.4, 0.5) is 0 Å². The minimum absolute atomic E-state index is 0.218. The van der Waals surface area contributed by atoms with Crippen LogP contribution < -0.4 is 10.1 Å².